The highest BCUT2D eigenvalue weighted by molar-refractivity contribution is 7.85. The maximum Gasteiger partial charge on any atom is 0.126 e. The topological polar surface area (TPSA) is 52.3 Å². The van der Waals surface area contributed by atoms with E-state index in [9.17, 15) is 8.60 Å². The molecule has 110 valence electrons. The number of fused-ring (bicyclic) bond motifs is 1. The van der Waals surface area contributed by atoms with Crippen LogP contribution in [0.15, 0.2) is 41.3 Å². The quantitative estimate of drug-likeness (QED) is 0.887. The van der Waals surface area contributed by atoms with Gasteiger partial charge in [-0.1, -0.05) is 17.7 Å². The number of nitrogens with two attached hydrogens (primary N) is 1. The number of halogens is 1. The molecule has 0 aromatic heterocycles. The van der Waals surface area contributed by atoms with Crippen LogP contribution in [0.2, 0.25) is 0 Å². The summed E-state index contributed by atoms with van der Waals surface area (Å²) in [4.78, 5) is 0.406. The maximum atomic E-state index is 13.3. The average molecular weight is 305 g/mol. The summed E-state index contributed by atoms with van der Waals surface area (Å²) in [6, 6.07) is 10.0. The van der Waals surface area contributed by atoms with E-state index >= 15 is 0 Å². The molecule has 0 spiro atoms. The third kappa shape index (κ3) is 3.08. The van der Waals surface area contributed by atoms with E-state index in [-0.39, 0.29) is 11.8 Å². The fraction of sp³-hybridized carbons (Fsp3) is 0.250. The van der Waals surface area contributed by atoms with Gasteiger partial charge in [-0.3, -0.25) is 4.21 Å². The highest BCUT2D eigenvalue weighted by atomic mass is 32.2. The number of aryl methyl sites for hydroxylation is 1. The largest absolute Gasteiger partial charge is 0.489 e. The van der Waals surface area contributed by atoms with E-state index in [4.69, 9.17) is 10.5 Å². The number of hydrogen-bond acceptors (Lipinski definition) is 3. The molecule has 0 saturated carbocycles. The molecular weight excluding hydrogens is 289 g/mol. The lowest BCUT2D eigenvalue weighted by molar-refractivity contribution is 0.258. The van der Waals surface area contributed by atoms with Gasteiger partial charge in [0.25, 0.3) is 0 Å². The standard InChI is InChI=1S/C16H16FNO2S/c1-10-2-3-16-11(4-10)5-14(20-16)9-21(19)15-7-12(17)6-13(18)8-15/h2-4,6-8,14H,5,9,18H2,1H3. The van der Waals surface area contributed by atoms with Crippen LogP contribution in [0.1, 0.15) is 11.1 Å². The molecule has 0 aliphatic carbocycles. The van der Waals surface area contributed by atoms with E-state index in [0.717, 1.165) is 17.7 Å². The smallest absolute Gasteiger partial charge is 0.126 e. The molecule has 2 N–H and O–H groups in total. The van der Waals surface area contributed by atoms with Crippen LogP contribution in [-0.2, 0) is 17.2 Å². The predicted octanol–water partition coefficient (Wildman–Crippen LogP) is 2.83. The number of ether oxygens (including phenoxy) is 1. The van der Waals surface area contributed by atoms with Gasteiger partial charge in [0.2, 0.25) is 0 Å². The Balaban J connectivity index is 1.72. The molecule has 3 rings (SSSR count). The van der Waals surface area contributed by atoms with Gasteiger partial charge >= 0.3 is 0 Å². The lowest BCUT2D eigenvalue weighted by atomic mass is 10.1. The predicted molar refractivity (Wildman–Crippen MR) is 81.4 cm³/mol. The van der Waals surface area contributed by atoms with Crippen molar-refractivity contribution in [1.29, 1.82) is 0 Å². The third-order valence-electron chi connectivity index (χ3n) is 3.45. The number of anilines is 1. The fourth-order valence-electron chi connectivity index (χ4n) is 2.52. The van der Waals surface area contributed by atoms with Crippen molar-refractivity contribution in [2.45, 2.75) is 24.3 Å². The number of hydrogen-bond donors (Lipinski definition) is 1. The first-order valence-corrected chi connectivity index (χ1v) is 8.04. The van der Waals surface area contributed by atoms with E-state index in [0.29, 0.717) is 10.6 Å². The van der Waals surface area contributed by atoms with Crippen molar-refractivity contribution in [3.8, 4) is 5.75 Å². The van der Waals surface area contributed by atoms with Crippen molar-refractivity contribution in [3.05, 3.63) is 53.3 Å². The Labute approximate surface area is 125 Å². The zero-order chi connectivity index (χ0) is 15.0. The number of nitrogen functional groups attached to an aromatic ring is 1. The second-order valence-electron chi connectivity index (χ2n) is 5.29. The van der Waals surface area contributed by atoms with Crippen LogP contribution in [0, 0.1) is 12.7 Å². The van der Waals surface area contributed by atoms with Gasteiger partial charge in [0.1, 0.15) is 17.7 Å². The molecule has 1 aliphatic heterocycles. The molecular formula is C16H16FNO2S. The Bertz CT molecular complexity index is 697. The summed E-state index contributed by atoms with van der Waals surface area (Å²) >= 11 is 0. The first-order chi connectivity index (χ1) is 10.0. The van der Waals surface area contributed by atoms with Crippen LogP contribution in [0.5, 0.6) is 5.75 Å². The highest BCUT2D eigenvalue weighted by Crippen LogP contribution is 2.30. The molecule has 2 aromatic rings. The van der Waals surface area contributed by atoms with Crippen LogP contribution >= 0.6 is 0 Å². The number of benzene rings is 2. The molecule has 2 aromatic carbocycles. The SMILES string of the molecule is Cc1ccc2c(c1)CC(CS(=O)c1cc(N)cc(F)c1)O2. The minimum atomic E-state index is -1.33. The third-order valence-corrected chi connectivity index (χ3v) is 4.89. The Morgan fingerprint density at radius 1 is 1.33 bits per heavy atom. The van der Waals surface area contributed by atoms with Crippen molar-refractivity contribution < 1.29 is 13.3 Å². The Kier molecular flexibility index (Phi) is 3.68. The van der Waals surface area contributed by atoms with Crippen LogP contribution in [0.4, 0.5) is 10.1 Å². The molecule has 2 unspecified atom stereocenters. The van der Waals surface area contributed by atoms with Crippen molar-refractivity contribution in [3.63, 3.8) is 0 Å². The molecule has 1 heterocycles. The van der Waals surface area contributed by atoms with Crippen LogP contribution in [0.25, 0.3) is 0 Å². The van der Waals surface area contributed by atoms with Gasteiger partial charge in [-0.15, -0.1) is 0 Å². The summed E-state index contributed by atoms with van der Waals surface area (Å²) in [7, 11) is -1.33. The molecule has 0 bridgehead atoms. The molecule has 21 heavy (non-hydrogen) atoms. The van der Waals surface area contributed by atoms with Crippen molar-refractivity contribution >= 4 is 16.5 Å². The Morgan fingerprint density at radius 2 is 2.14 bits per heavy atom. The Morgan fingerprint density at radius 3 is 2.90 bits per heavy atom. The first kappa shape index (κ1) is 14.1. The molecule has 0 amide bonds. The number of rotatable bonds is 3. The van der Waals surface area contributed by atoms with E-state index < -0.39 is 16.6 Å². The monoisotopic (exact) mass is 305 g/mol. The summed E-state index contributed by atoms with van der Waals surface area (Å²) in [5, 5.41) is 0. The molecule has 5 heteroatoms. The van der Waals surface area contributed by atoms with Crippen molar-refractivity contribution in [2.24, 2.45) is 0 Å². The molecule has 0 fully saturated rings. The van der Waals surface area contributed by atoms with Crippen LogP contribution in [0.3, 0.4) is 0 Å². The van der Waals surface area contributed by atoms with E-state index in [1.54, 1.807) is 6.07 Å². The highest BCUT2D eigenvalue weighted by Gasteiger charge is 2.25. The Hall–Kier alpha value is -1.88. The summed E-state index contributed by atoms with van der Waals surface area (Å²) in [5.41, 5.74) is 8.18. The molecule has 2 atom stereocenters. The minimum absolute atomic E-state index is 0.146. The molecule has 0 radical (unpaired) electrons. The molecule has 0 saturated heterocycles. The van der Waals surface area contributed by atoms with Gasteiger partial charge in [-0.25, -0.2) is 4.39 Å². The second kappa shape index (κ2) is 5.48. The molecule has 1 aliphatic rings. The first-order valence-electron chi connectivity index (χ1n) is 6.72. The van der Waals surface area contributed by atoms with Gasteiger partial charge in [-0.05, 0) is 36.8 Å². The summed E-state index contributed by atoms with van der Waals surface area (Å²) in [6.07, 6.45) is 0.584. The summed E-state index contributed by atoms with van der Waals surface area (Å²) in [6.45, 7) is 2.03. The summed E-state index contributed by atoms with van der Waals surface area (Å²) < 4.78 is 31.4. The van der Waals surface area contributed by atoms with Gasteiger partial charge in [0.15, 0.2) is 0 Å². The zero-order valence-electron chi connectivity index (χ0n) is 11.6. The average Bonchev–Trinajstić information content (AvgIpc) is 2.78. The van der Waals surface area contributed by atoms with E-state index in [1.807, 2.05) is 19.1 Å². The fourth-order valence-corrected chi connectivity index (χ4v) is 3.75. The zero-order valence-corrected chi connectivity index (χ0v) is 12.5. The lowest BCUT2D eigenvalue weighted by Crippen LogP contribution is -2.21. The lowest BCUT2D eigenvalue weighted by Gasteiger charge is -2.10. The second-order valence-corrected chi connectivity index (χ2v) is 6.78. The van der Waals surface area contributed by atoms with E-state index in [1.165, 1.54) is 17.7 Å². The van der Waals surface area contributed by atoms with Gasteiger partial charge < -0.3 is 10.5 Å². The maximum absolute atomic E-state index is 13.3. The van der Waals surface area contributed by atoms with Crippen LogP contribution in [-0.4, -0.2) is 16.1 Å². The van der Waals surface area contributed by atoms with E-state index in [2.05, 4.69) is 6.07 Å². The van der Waals surface area contributed by atoms with Crippen LogP contribution < -0.4 is 10.5 Å². The molecule has 3 nitrogen and oxygen atoms in total. The van der Waals surface area contributed by atoms with Gasteiger partial charge in [0, 0.05) is 17.0 Å². The normalized spacial score (nSPS) is 18.1. The van der Waals surface area contributed by atoms with Crippen molar-refractivity contribution in [1.82, 2.24) is 0 Å². The van der Waals surface area contributed by atoms with Gasteiger partial charge in [-0.2, -0.15) is 0 Å². The minimum Gasteiger partial charge on any atom is -0.489 e. The summed E-state index contributed by atoms with van der Waals surface area (Å²) in [5.74, 6) is 0.710. The van der Waals surface area contributed by atoms with Gasteiger partial charge in [0.05, 0.1) is 16.6 Å². The van der Waals surface area contributed by atoms with Crippen molar-refractivity contribution in [2.75, 3.05) is 11.5 Å².